The maximum absolute atomic E-state index is 5.68. The van der Waals surface area contributed by atoms with Crippen LogP contribution in [0.3, 0.4) is 0 Å². The first-order chi connectivity index (χ1) is 9.30. The van der Waals surface area contributed by atoms with Gasteiger partial charge in [0.2, 0.25) is 0 Å². The predicted molar refractivity (Wildman–Crippen MR) is 74.6 cm³/mol. The highest BCUT2D eigenvalue weighted by Crippen LogP contribution is 2.19. The Morgan fingerprint density at radius 2 is 1.79 bits per heavy atom. The van der Waals surface area contributed by atoms with Crippen LogP contribution in [0.2, 0.25) is 0 Å². The molecule has 2 aromatic heterocycles. The molecule has 0 aliphatic rings. The van der Waals surface area contributed by atoms with Crippen molar-refractivity contribution >= 4 is 0 Å². The molecule has 0 amide bonds. The summed E-state index contributed by atoms with van der Waals surface area (Å²) < 4.78 is 0. The third-order valence-electron chi connectivity index (χ3n) is 3.05. The summed E-state index contributed by atoms with van der Waals surface area (Å²) >= 11 is 0. The lowest BCUT2D eigenvalue weighted by atomic mass is 10.0. The van der Waals surface area contributed by atoms with E-state index in [0.717, 1.165) is 36.3 Å². The molecule has 0 saturated carbocycles. The van der Waals surface area contributed by atoms with Gasteiger partial charge in [-0.1, -0.05) is 13.8 Å². The van der Waals surface area contributed by atoms with Crippen LogP contribution in [0.15, 0.2) is 18.6 Å². The van der Waals surface area contributed by atoms with E-state index in [2.05, 4.69) is 33.8 Å². The van der Waals surface area contributed by atoms with Crippen molar-refractivity contribution in [3.05, 3.63) is 35.5 Å². The molecule has 2 heterocycles. The van der Waals surface area contributed by atoms with Gasteiger partial charge in [0, 0.05) is 17.6 Å². The summed E-state index contributed by atoms with van der Waals surface area (Å²) in [5, 5.41) is 0. The molecular formula is C14H19N5. The average Bonchev–Trinajstić information content (AvgIpc) is 2.48. The van der Waals surface area contributed by atoms with Crippen LogP contribution in [0, 0.1) is 0 Å². The van der Waals surface area contributed by atoms with Crippen molar-refractivity contribution in [1.82, 2.24) is 19.9 Å². The van der Waals surface area contributed by atoms with Crippen molar-refractivity contribution in [2.45, 2.75) is 33.1 Å². The highest BCUT2D eigenvalue weighted by atomic mass is 14.9. The first kappa shape index (κ1) is 13.5. The second-order valence-corrected chi connectivity index (χ2v) is 4.26. The smallest absolute Gasteiger partial charge is 0.178 e. The van der Waals surface area contributed by atoms with Crippen molar-refractivity contribution in [1.29, 1.82) is 0 Å². The molecule has 0 spiro atoms. The van der Waals surface area contributed by atoms with Crippen LogP contribution in [-0.4, -0.2) is 26.5 Å². The van der Waals surface area contributed by atoms with Crippen LogP contribution in [0.4, 0.5) is 0 Å². The molecule has 19 heavy (non-hydrogen) atoms. The van der Waals surface area contributed by atoms with Gasteiger partial charge < -0.3 is 5.73 Å². The van der Waals surface area contributed by atoms with Crippen molar-refractivity contribution in [2.24, 2.45) is 5.73 Å². The monoisotopic (exact) mass is 257 g/mol. The van der Waals surface area contributed by atoms with E-state index < -0.39 is 0 Å². The number of nitrogens with zero attached hydrogens (tertiary/aromatic N) is 4. The lowest BCUT2D eigenvalue weighted by Gasteiger charge is -2.12. The predicted octanol–water partition coefficient (Wildman–Crippen LogP) is 1.56. The minimum atomic E-state index is 0.621. The molecule has 2 aromatic rings. The maximum atomic E-state index is 5.68. The number of aryl methyl sites for hydroxylation is 2. The molecule has 0 fully saturated rings. The van der Waals surface area contributed by atoms with Crippen LogP contribution in [0.1, 0.15) is 30.8 Å². The number of aromatic nitrogens is 4. The Bertz CT molecular complexity index is 514. The molecule has 0 aliphatic carbocycles. The Labute approximate surface area is 113 Å². The van der Waals surface area contributed by atoms with Gasteiger partial charge in [-0.05, 0) is 37.4 Å². The molecule has 0 radical (unpaired) electrons. The number of rotatable bonds is 5. The van der Waals surface area contributed by atoms with Crippen LogP contribution >= 0.6 is 0 Å². The van der Waals surface area contributed by atoms with E-state index in [4.69, 9.17) is 5.73 Å². The Morgan fingerprint density at radius 3 is 2.26 bits per heavy atom. The molecule has 2 rings (SSSR count). The van der Waals surface area contributed by atoms with E-state index in [-0.39, 0.29) is 0 Å². The molecular weight excluding hydrogens is 238 g/mol. The van der Waals surface area contributed by atoms with E-state index >= 15 is 0 Å². The molecule has 0 atom stereocenters. The van der Waals surface area contributed by atoms with Gasteiger partial charge in [0.15, 0.2) is 5.82 Å². The maximum Gasteiger partial charge on any atom is 0.178 e. The first-order valence-corrected chi connectivity index (χ1v) is 6.65. The van der Waals surface area contributed by atoms with E-state index in [1.807, 2.05) is 6.07 Å². The molecule has 0 saturated heterocycles. The summed E-state index contributed by atoms with van der Waals surface area (Å²) in [5.74, 6) is 0.678. The second-order valence-electron chi connectivity index (χ2n) is 4.26. The Hall–Kier alpha value is -1.88. The van der Waals surface area contributed by atoms with Crippen molar-refractivity contribution < 1.29 is 0 Å². The fraction of sp³-hybridized carbons (Fsp3) is 0.429. The fourth-order valence-electron chi connectivity index (χ4n) is 2.14. The van der Waals surface area contributed by atoms with E-state index in [1.54, 1.807) is 6.20 Å². The van der Waals surface area contributed by atoms with Gasteiger partial charge in [-0.15, -0.1) is 0 Å². The topological polar surface area (TPSA) is 77.6 Å². The molecule has 0 unspecified atom stereocenters. The van der Waals surface area contributed by atoms with Crippen LogP contribution in [-0.2, 0) is 19.3 Å². The average molecular weight is 257 g/mol. The molecule has 0 aliphatic heterocycles. The standard InChI is InChI=1S/C14H19N5/c1-3-11-10(5-7-15)12(4-2)19-14(18-11)13-6-8-16-9-17-13/h6,8-9H,3-5,7,15H2,1-2H3. The fourth-order valence-corrected chi connectivity index (χ4v) is 2.14. The van der Waals surface area contributed by atoms with Gasteiger partial charge in [-0.25, -0.2) is 19.9 Å². The van der Waals surface area contributed by atoms with E-state index in [9.17, 15) is 0 Å². The van der Waals surface area contributed by atoms with Crippen LogP contribution in [0.25, 0.3) is 11.5 Å². The number of nitrogens with two attached hydrogens (primary N) is 1. The number of hydrogen-bond acceptors (Lipinski definition) is 5. The minimum Gasteiger partial charge on any atom is -0.330 e. The normalized spacial score (nSPS) is 10.7. The Morgan fingerprint density at radius 1 is 1.11 bits per heavy atom. The van der Waals surface area contributed by atoms with Gasteiger partial charge in [0.25, 0.3) is 0 Å². The van der Waals surface area contributed by atoms with Gasteiger partial charge in [-0.2, -0.15) is 0 Å². The zero-order chi connectivity index (χ0) is 13.7. The highest BCUT2D eigenvalue weighted by molar-refractivity contribution is 5.49. The summed E-state index contributed by atoms with van der Waals surface area (Å²) in [6.07, 6.45) is 5.81. The lowest BCUT2D eigenvalue weighted by Crippen LogP contribution is -2.12. The minimum absolute atomic E-state index is 0.621. The molecule has 2 N–H and O–H groups in total. The molecule has 0 bridgehead atoms. The van der Waals surface area contributed by atoms with Gasteiger partial charge >= 0.3 is 0 Å². The molecule has 0 aromatic carbocycles. The van der Waals surface area contributed by atoms with Gasteiger partial charge in [0.1, 0.15) is 12.0 Å². The SMILES string of the molecule is CCc1nc(-c2ccncn2)nc(CC)c1CCN. The van der Waals surface area contributed by atoms with Crippen molar-refractivity contribution in [3.8, 4) is 11.5 Å². The molecule has 5 heteroatoms. The van der Waals surface area contributed by atoms with Gasteiger partial charge in [0.05, 0.1) is 0 Å². The number of hydrogen-bond donors (Lipinski definition) is 1. The summed E-state index contributed by atoms with van der Waals surface area (Å²) in [6.45, 7) is 4.83. The zero-order valence-corrected chi connectivity index (χ0v) is 11.4. The third-order valence-corrected chi connectivity index (χ3v) is 3.05. The Balaban J connectivity index is 2.53. The second kappa shape index (κ2) is 6.33. The van der Waals surface area contributed by atoms with Crippen LogP contribution in [0.5, 0.6) is 0 Å². The van der Waals surface area contributed by atoms with Crippen molar-refractivity contribution in [3.63, 3.8) is 0 Å². The van der Waals surface area contributed by atoms with Crippen LogP contribution < -0.4 is 5.73 Å². The molecule has 5 nitrogen and oxygen atoms in total. The van der Waals surface area contributed by atoms with Gasteiger partial charge in [-0.3, -0.25) is 0 Å². The summed E-state index contributed by atoms with van der Waals surface area (Å²) in [5.41, 5.74) is 9.79. The summed E-state index contributed by atoms with van der Waals surface area (Å²) in [7, 11) is 0. The van der Waals surface area contributed by atoms with E-state index in [0.29, 0.717) is 12.4 Å². The Kier molecular flexibility index (Phi) is 4.52. The largest absolute Gasteiger partial charge is 0.330 e. The van der Waals surface area contributed by atoms with Crippen molar-refractivity contribution in [2.75, 3.05) is 6.54 Å². The third kappa shape index (κ3) is 2.93. The summed E-state index contributed by atoms with van der Waals surface area (Å²) in [6, 6.07) is 1.83. The first-order valence-electron chi connectivity index (χ1n) is 6.65. The summed E-state index contributed by atoms with van der Waals surface area (Å²) in [4.78, 5) is 17.4. The van der Waals surface area contributed by atoms with E-state index in [1.165, 1.54) is 11.9 Å². The lowest BCUT2D eigenvalue weighted by molar-refractivity contribution is 0.842. The molecule has 100 valence electrons. The quantitative estimate of drug-likeness (QED) is 0.879. The zero-order valence-electron chi connectivity index (χ0n) is 11.4. The highest BCUT2D eigenvalue weighted by Gasteiger charge is 2.13.